The second-order valence-corrected chi connectivity index (χ2v) is 8.27. The summed E-state index contributed by atoms with van der Waals surface area (Å²) in [6, 6.07) is 17.5. The first-order valence-corrected chi connectivity index (χ1v) is 10.8. The molecule has 0 saturated carbocycles. The van der Waals surface area contributed by atoms with Crippen LogP contribution in [0.25, 0.3) is 0 Å². The minimum atomic E-state index is -1.05. The predicted molar refractivity (Wildman–Crippen MR) is 117 cm³/mol. The lowest BCUT2D eigenvalue weighted by Gasteiger charge is -2.27. The van der Waals surface area contributed by atoms with Gasteiger partial charge in [0.05, 0.1) is 0 Å². The Hall–Kier alpha value is -3.68. The molecule has 166 valence electrons. The van der Waals surface area contributed by atoms with Crippen molar-refractivity contribution in [2.75, 3.05) is 0 Å². The van der Waals surface area contributed by atoms with Crippen LogP contribution in [-0.2, 0) is 20.7 Å². The Morgan fingerprint density at radius 2 is 0.906 bits per heavy atom. The molecule has 2 atom stereocenters. The number of carbonyl (C=O) groups excluding carboxylic acids is 4. The number of nitrogens with one attached hydrogen (secondary N) is 4. The van der Waals surface area contributed by atoms with Crippen molar-refractivity contribution in [2.45, 2.75) is 49.6 Å². The summed E-state index contributed by atoms with van der Waals surface area (Å²) in [6.45, 7) is 0. The Morgan fingerprint density at radius 1 is 0.531 bits per heavy atom. The standard InChI is InChI=1S/C24H26N4O4/c29-19-23(27-21(31)25-19,17-11-5-3-6-12-17)15-9-1-2-10-16-24(18-13-7-4-8-14-18)20(30)26-22(32)28-24/h3-8,11-14H,1-2,9-10,15-16H2,(H2,25,27,29,31)(H2,26,28,30,32)/t23-,24-/m0/s1. The van der Waals surface area contributed by atoms with E-state index in [2.05, 4.69) is 21.3 Å². The molecule has 0 spiro atoms. The van der Waals surface area contributed by atoms with Crippen LogP contribution >= 0.6 is 0 Å². The van der Waals surface area contributed by atoms with Crippen LogP contribution in [0.2, 0.25) is 0 Å². The van der Waals surface area contributed by atoms with Crippen LogP contribution in [0.3, 0.4) is 0 Å². The average molecular weight is 434 g/mol. The van der Waals surface area contributed by atoms with Crippen molar-refractivity contribution < 1.29 is 19.2 Å². The van der Waals surface area contributed by atoms with Gasteiger partial charge in [-0.2, -0.15) is 0 Å². The van der Waals surface area contributed by atoms with Crippen molar-refractivity contribution in [3.05, 3.63) is 71.8 Å². The number of urea groups is 2. The molecule has 0 bridgehead atoms. The molecular formula is C24H26N4O4. The molecule has 0 radical (unpaired) electrons. The molecule has 6 amide bonds. The van der Waals surface area contributed by atoms with Gasteiger partial charge in [0.2, 0.25) is 0 Å². The van der Waals surface area contributed by atoms with E-state index in [1.807, 2.05) is 60.7 Å². The third-order valence-corrected chi connectivity index (χ3v) is 6.27. The number of hydrogen-bond acceptors (Lipinski definition) is 4. The molecule has 4 N–H and O–H groups in total. The van der Waals surface area contributed by atoms with Crippen molar-refractivity contribution in [1.82, 2.24) is 21.3 Å². The number of hydrogen-bond donors (Lipinski definition) is 4. The number of benzene rings is 2. The highest BCUT2D eigenvalue weighted by Crippen LogP contribution is 2.33. The number of imide groups is 2. The van der Waals surface area contributed by atoms with Gasteiger partial charge in [-0.25, -0.2) is 9.59 Å². The monoisotopic (exact) mass is 434 g/mol. The van der Waals surface area contributed by atoms with Crippen LogP contribution in [0.5, 0.6) is 0 Å². The van der Waals surface area contributed by atoms with Gasteiger partial charge in [0, 0.05) is 0 Å². The molecule has 2 heterocycles. The highest BCUT2D eigenvalue weighted by atomic mass is 16.2. The zero-order valence-corrected chi connectivity index (χ0v) is 17.6. The van der Waals surface area contributed by atoms with E-state index in [9.17, 15) is 19.2 Å². The van der Waals surface area contributed by atoms with Gasteiger partial charge in [-0.3, -0.25) is 20.2 Å². The summed E-state index contributed by atoms with van der Waals surface area (Å²) in [4.78, 5) is 48.8. The van der Waals surface area contributed by atoms with Gasteiger partial charge in [-0.15, -0.1) is 0 Å². The second-order valence-electron chi connectivity index (χ2n) is 8.27. The molecule has 8 heteroatoms. The Morgan fingerprint density at radius 3 is 1.22 bits per heavy atom. The van der Waals surface area contributed by atoms with Gasteiger partial charge in [0.25, 0.3) is 11.8 Å². The van der Waals surface area contributed by atoms with Gasteiger partial charge in [0.15, 0.2) is 0 Å². The second kappa shape index (κ2) is 8.82. The van der Waals surface area contributed by atoms with Gasteiger partial charge in [-0.05, 0) is 24.0 Å². The van der Waals surface area contributed by atoms with Crippen molar-refractivity contribution in [1.29, 1.82) is 0 Å². The van der Waals surface area contributed by atoms with E-state index in [1.165, 1.54) is 0 Å². The molecular weight excluding hydrogens is 408 g/mol. The topological polar surface area (TPSA) is 116 Å². The minimum absolute atomic E-state index is 0.331. The largest absolute Gasteiger partial charge is 0.322 e. The maximum absolute atomic E-state index is 12.6. The van der Waals surface area contributed by atoms with Gasteiger partial charge in [-0.1, -0.05) is 86.3 Å². The zero-order chi connectivity index (χ0) is 22.6. The van der Waals surface area contributed by atoms with E-state index >= 15 is 0 Å². The van der Waals surface area contributed by atoms with E-state index in [1.54, 1.807) is 0 Å². The fraction of sp³-hybridized carbons (Fsp3) is 0.333. The molecule has 2 aromatic rings. The number of unbranched alkanes of at least 4 members (excludes halogenated alkanes) is 3. The molecule has 8 nitrogen and oxygen atoms in total. The molecule has 2 aromatic carbocycles. The number of amides is 6. The third-order valence-electron chi connectivity index (χ3n) is 6.27. The fourth-order valence-corrected chi connectivity index (χ4v) is 4.61. The summed E-state index contributed by atoms with van der Waals surface area (Å²) in [5, 5.41) is 10.3. The maximum Gasteiger partial charge on any atom is 0.322 e. The van der Waals surface area contributed by atoms with Crippen LogP contribution in [0.15, 0.2) is 60.7 Å². The van der Waals surface area contributed by atoms with Crippen molar-refractivity contribution in [3.8, 4) is 0 Å². The molecule has 0 aliphatic carbocycles. The van der Waals surface area contributed by atoms with Crippen LogP contribution in [0.4, 0.5) is 9.59 Å². The molecule has 2 saturated heterocycles. The van der Waals surface area contributed by atoms with Gasteiger partial charge >= 0.3 is 12.1 Å². The average Bonchev–Trinajstić information content (AvgIpc) is 3.26. The van der Waals surface area contributed by atoms with Crippen molar-refractivity contribution in [3.63, 3.8) is 0 Å². The molecule has 2 fully saturated rings. The lowest BCUT2D eigenvalue weighted by molar-refractivity contribution is -0.125. The Bertz CT molecular complexity index is 943. The summed E-state index contributed by atoms with van der Waals surface area (Å²) >= 11 is 0. The first kappa shape index (κ1) is 21.5. The highest BCUT2D eigenvalue weighted by Gasteiger charge is 2.48. The summed E-state index contributed by atoms with van der Waals surface area (Å²) in [6.07, 6.45) is 4.04. The summed E-state index contributed by atoms with van der Waals surface area (Å²) in [7, 11) is 0. The Labute approximate surface area is 186 Å². The highest BCUT2D eigenvalue weighted by molar-refractivity contribution is 6.08. The molecule has 2 aliphatic heterocycles. The zero-order valence-electron chi connectivity index (χ0n) is 17.6. The van der Waals surface area contributed by atoms with Crippen LogP contribution < -0.4 is 21.3 Å². The number of rotatable bonds is 9. The van der Waals surface area contributed by atoms with Crippen molar-refractivity contribution >= 4 is 23.9 Å². The lowest BCUT2D eigenvalue weighted by Crippen LogP contribution is -2.44. The summed E-state index contributed by atoms with van der Waals surface area (Å²) < 4.78 is 0. The Balaban J connectivity index is 1.36. The van der Waals surface area contributed by atoms with Gasteiger partial charge in [0.1, 0.15) is 11.1 Å². The normalized spacial score (nSPS) is 24.6. The molecule has 4 rings (SSSR count). The van der Waals surface area contributed by atoms with E-state index in [4.69, 9.17) is 0 Å². The quantitative estimate of drug-likeness (QED) is 0.359. The van der Waals surface area contributed by atoms with Crippen LogP contribution in [0.1, 0.15) is 49.7 Å². The fourth-order valence-electron chi connectivity index (χ4n) is 4.61. The van der Waals surface area contributed by atoms with E-state index in [0.717, 1.165) is 36.8 Å². The summed E-state index contributed by atoms with van der Waals surface area (Å²) in [5.41, 5.74) is -0.584. The SMILES string of the molecule is O=C1NC(=O)[C@](CCCCCC[C@@]2(c3ccccc3)NC(=O)NC2=O)(c2ccccc2)N1. The van der Waals surface area contributed by atoms with Crippen LogP contribution in [-0.4, -0.2) is 23.9 Å². The first-order chi connectivity index (χ1) is 15.5. The molecule has 0 aromatic heterocycles. The molecule has 0 unspecified atom stereocenters. The maximum atomic E-state index is 12.6. The first-order valence-electron chi connectivity index (χ1n) is 10.8. The third kappa shape index (κ3) is 3.95. The molecule has 32 heavy (non-hydrogen) atoms. The number of carbonyl (C=O) groups is 4. The van der Waals surface area contributed by atoms with Crippen LogP contribution in [0, 0.1) is 0 Å². The van der Waals surface area contributed by atoms with E-state index in [-0.39, 0.29) is 11.8 Å². The van der Waals surface area contributed by atoms with E-state index < -0.39 is 23.1 Å². The smallest absolute Gasteiger partial charge is 0.319 e. The Kier molecular flexibility index (Phi) is 5.94. The predicted octanol–water partition coefficient (Wildman–Crippen LogP) is 2.80. The molecule has 2 aliphatic rings. The van der Waals surface area contributed by atoms with Gasteiger partial charge < -0.3 is 10.6 Å². The van der Waals surface area contributed by atoms with E-state index in [0.29, 0.717) is 12.8 Å². The minimum Gasteiger partial charge on any atom is -0.319 e. The van der Waals surface area contributed by atoms with Crippen molar-refractivity contribution in [2.24, 2.45) is 0 Å². The summed E-state index contributed by atoms with van der Waals surface area (Å²) in [5.74, 6) is -0.663. The lowest BCUT2D eigenvalue weighted by atomic mass is 9.83.